The summed E-state index contributed by atoms with van der Waals surface area (Å²) in [6.07, 6.45) is 1.60. The zero-order valence-corrected chi connectivity index (χ0v) is 13.9. The van der Waals surface area contributed by atoms with Gasteiger partial charge in [0.05, 0.1) is 29.0 Å². The van der Waals surface area contributed by atoms with E-state index in [2.05, 4.69) is 15.4 Å². The van der Waals surface area contributed by atoms with Gasteiger partial charge in [-0.2, -0.15) is 5.10 Å². The van der Waals surface area contributed by atoms with E-state index in [0.29, 0.717) is 21.0 Å². The maximum absolute atomic E-state index is 12.4. The molecule has 2 aromatic heterocycles. The van der Waals surface area contributed by atoms with Crippen LogP contribution in [-0.2, 0) is 7.05 Å². The minimum absolute atomic E-state index is 0.0941. The molecule has 1 amide bonds. The van der Waals surface area contributed by atoms with Crippen molar-refractivity contribution < 1.29 is 14.5 Å². The highest BCUT2D eigenvalue weighted by Gasteiger charge is 2.19. The van der Waals surface area contributed by atoms with Gasteiger partial charge in [0, 0.05) is 13.1 Å². The molecule has 0 spiro atoms. The molecule has 2 heterocycles. The number of carbonyl (C=O) groups excluding carboxylic acids is 1. The number of anilines is 1. The summed E-state index contributed by atoms with van der Waals surface area (Å²) in [5.41, 5.74) is 1.53. The number of nitro benzene ring substituents is 1. The summed E-state index contributed by atoms with van der Waals surface area (Å²) >= 11 is 1.14. The van der Waals surface area contributed by atoms with Gasteiger partial charge in [-0.05, 0) is 12.5 Å². The van der Waals surface area contributed by atoms with Gasteiger partial charge < -0.3 is 4.74 Å². The monoisotopic (exact) mass is 347 g/mol. The van der Waals surface area contributed by atoms with Crippen molar-refractivity contribution in [1.29, 1.82) is 0 Å². The van der Waals surface area contributed by atoms with Gasteiger partial charge >= 0.3 is 0 Å². The van der Waals surface area contributed by atoms with E-state index in [1.807, 2.05) is 0 Å². The van der Waals surface area contributed by atoms with E-state index in [9.17, 15) is 14.9 Å². The number of nitrogens with one attached hydrogen (secondary N) is 1. The minimum Gasteiger partial charge on any atom is -0.494 e. The van der Waals surface area contributed by atoms with Crippen molar-refractivity contribution in [2.75, 3.05) is 12.4 Å². The Morgan fingerprint density at radius 2 is 2.21 bits per heavy atom. The number of hydrogen-bond donors (Lipinski definition) is 1. The van der Waals surface area contributed by atoms with Gasteiger partial charge in [-0.15, -0.1) is 0 Å². The van der Waals surface area contributed by atoms with Gasteiger partial charge in [0.25, 0.3) is 11.6 Å². The van der Waals surface area contributed by atoms with Crippen LogP contribution in [0, 0.1) is 17.0 Å². The van der Waals surface area contributed by atoms with E-state index in [0.717, 1.165) is 16.9 Å². The summed E-state index contributed by atoms with van der Waals surface area (Å²) in [6.45, 7) is 1.78. The standard InChI is InChI=1S/C14H13N5O4S/c1-7-6-15-18(2)12(7)13(20)17-14-16-11-9(23-3)4-8(19(21)22)5-10(11)24-14/h4-6H,1-3H3,(H,16,17,20). The first kappa shape index (κ1) is 15.9. The van der Waals surface area contributed by atoms with Crippen molar-refractivity contribution in [2.24, 2.45) is 7.05 Å². The molecule has 3 rings (SSSR count). The molecule has 0 fully saturated rings. The lowest BCUT2D eigenvalue weighted by Crippen LogP contribution is -2.17. The molecule has 3 aromatic rings. The van der Waals surface area contributed by atoms with E-state index in [-0.39, 0.29) is 17.3 Å². The maximum Gasteiger partial charge on any atom is 0.275 e. The molecule has 0 aliphatic carbocycles. The summed E-state index contributed by atoms with van der Waals surface area (Å²) in [4.78, 5) is 27.2. The predicted octanol–water partition coefficient (Wildman–Crippen LogP) is 2.51. The molecule has 0 unspecified atom stereocenters. The molecule has 1 aromatic carbocycles. The second kappa shape index (κ2) is 5.89. The third-order valence-corrected chi connectivity index (χ3v) is 4.35. The Labute approximate surface area is 140 Å². The first-order valence-corrected chi connectivity index (χ1v) is 7.65. The quantitative estimate of drug-likeness (QED) is 0.573. The van der Waals surface area contributed by atoms with Crippen molar-refractivity contribution >= 4 is 38.3 Å². The summed E-state index contributed by atoms with van der Waals surface area (Å²) in [5, 5.41) is 18.0. The number of carbonyl (C=O) groups is 1. The molecule has 0 aliphatic heterocycles. The summed E-state index contributed by atoms with van der Waals surface area (Å²) in [7, 11) is 3.09. The summed E-state index contributed by atoms with van der Waals surface area (Å²) in [5.74, 6) is -0.0623. The largest absolute Gasteiger partial charge is 0.494 e. The number of aromatic nitrogens is 3. The number of aryl methyl sites for hydroxylation is 2. The fraction of sp³-hybridized carbons (Fsp3) is 0.214. The number of fused-ring (bicyclic) bond motifs is 1. The van der Waals surface area contributed by atoms with Crippen molar-refractivity contribution in [1.82, 2.24) is 14.8 Å². The third kappa shape index (κ3) is 2.67. The number of non-ortho nitro benzene ring substituents is 1. The number of methoxy groups -OCH3 is 1. The van der Waals surface area contributed by atoms with Crippen LogP contribution in [0.2, 0.25) is 0 Å². The highest BCUT2D eigenvalue weighted by atomic mass is 32.1. The topological polar surface area (TPSA) is 112 Å². The molecule has 0 aliphatic rings. The Morgan fingerprint density at radius 1 is 1.46 bits per heavy atom. The maximum atomic E-state index is 12.4. The third-order valence-electron chi connectivity index (χ3n) is 3.43. The number of hydrogen-bond acceptors (Lipinski definition) is 7. The molecular formula is C14H13N5O4S. The highest BCUT2D eigenvalue weighted by molar-refractivity contribution is 7.22. The first-order chi connectivity index (χ1) is 11.4. The molecule has 0 bridgehead atoms. The number of benzene rings is 1. The molecule has 1 N–H and O–H groups in total. The number of ether oxygens (including phenoxy) is 1. The highest BCUT2D eigenvalue weighted by Crippen LogP contribution is 2.36. The number of nitro groups is 1. The smallest absolute Gasteiger partial charge is 0.275 e. The lowest BCUT2D eigenvalue weighted by Gasteiger charge is -2.03. The summed E-state index contributed by atoms with van der Waals surface area (Å²) in [6, 6.07) is 2.71. The van der Waals surface area contributed by atoms with E-state index < -0.39 is 4.92 Å². The second-order valence-corrected chi connectivity index (χ2v) is 6.06. The fourth-order valence-corrected chi connectivity index (χ4v) is 3.24. The molecule has 0 saturated heterocycles. The van der Waals surface area contributed by atoms with Crippen molar-refractivity contribution in [2.45, 2.75) is 6.92 Å². The van der Waals surface area contributed by atoms with Crippen molar-refractivity contribution in [3.63, 3.8) is 0 Å². The predicted molar refractivity (Wildman–Crippen MR) is 88.7 cm³/mol. The van der Waals surface area contributed by atoms with Crippen molar-refractivity contribution in [3.05, 3.63) is 39.7 Å². The Bertz CT molecular complexity index is 942. The van der Waals surface area contributed by atoms with E-state index in [4.69, 9.17) is 4.74 Å². The Kier molecular flexibility index (Phi) is 3.89. The Balaban J connectivity index is 1.99. The van der Waals surface area contributed by atoms with Crippen LogP contribution in [0.3, 0.4) is 0 Å². The molecule has 10 heteroatoms. The zero-order valence-electron chi connectivity index (χ0n) is 13.1. The van der Waals surface area contributed by atoms with Crippen molar-refractivity contribution in [3.8, 4) is 5.75 Å². The van der Waals surface area contributed by atoms with E-state index in [1.54, 1.807) is 20.2 Å². The number of thiazole rings is 1. The molecule has 0 saturated carbocycles. The summed E-state index contributed by atoms with van der Waals surface area (Å²) < 4.78 is 7.19. The van der Waals surface area contributed by atoms with Crippen LogP contribution in [0.4, 0.5) is 10.8 Å². The van der Waals surface area contributed by atoms with E-state index >= 15 is 0 Å². The minimum atomic E-state index is -0.501. The number of amides is 1. The van der Waals surface area contributed by atoms with Crippen LogP contribution in [-0.4, -0.2) is 32.7 Å². The average molecular weight is 347 g/mol. The lowest BCUT2D eigenvalue weighted by molar-refractivity contribution is -0.384. The number of rotatable bonds is 4. The molecule has 24 heavy (non-hydrogen) atoms. The van der Waals surface area contributed by atoms with Crippen LogP contribution >= 0.6 is 11.3 Å². The van der Waals surface area contributed by atoms with Crippen LogP contribution in [0.1, 0.15) is 16.1 Å². The lowest BCUT2D eigenvalue weighted by atomic mass is 10.2. The molecule has 9 nitrogen and oxygen atoms in total. The SMILES string of the molecule is COc1cc([N+](=O)[O-])cc2sc(NC(=O)c3c(C)cnn3C)nc12. The molecule has 124 valence electrons. The fourth-order valence-electron chi connectivity index (χ4n) is 2.33. The van der Waals surface area contributed by atoms with Crippen LogP contribution in [0.15, 0.2) is 18.3 Å². The zero-order chi connectivity index (χ0) is 17.4. The van der Waals surface area contributed by atoms with Gasteiger partial charge in [-0.1, -0.05) is 11.3 Å². The second-order valence-electron chi connectivity index (χ2n) is 5.02. The normalized spacial score (nSPS) is 10.8. The molecular weight excluding hydrogens is 334 g/mol. The van der Waals surface area contributed by atoms with Gasteiger partial charge in [0.1, 0.15) is 11.2 Å². The Morgan fingerprint density at radius 3 is 2.79 bits per heavy atom. The van der Waals surface area contributed by atoms with Crippen LogP contribution < -0.4 is 10.1 Å². The average Bonchev–Trinajstić information content (AvgIpc) is 3.08. The van der Waals surface area contributed by atoms with Gasteiger partial charge in [0.2, 0.25) is 0 Å². The first-order valence-electron chi connectivity index (χ1n) is 6.83. The van der Waals surface area contributed by atoms with Crippen LogP contribution in [0.5, 0.6) is 5.75 Å². The van der Waals surface area contributed by atoms with Gasteiger partial charge in [0.15, 0.2) is 10.9 Å². The number of nitrogens with zero attached hydrogens (tertiary/aromatic N) is 4. The van der Waals surface area contributed by atoms with Gasteiger partial charge in [-0.25, -0.2) is 4.98 Å². The van der Waals surface area contributed by atoms with Crippen LogP contribution in [0.25, 0.3) is 10.2 Å². The van der Waals surface area contributed by atoms with E-state index in [1.165, 1.54) is 23.9 Å². The van der Waals surface area contributed by atoms with Gasteiger partial charge in [-0.3, -0.25) is 24.9 Å². The molecule has 0 atom stereocenters. The molecule has 0 radical (unpaired) electrons. The Hall–Kier alpha value is -3.01.